The molecule has 110 valence electrons. The van der Waals surface area contributed by atoms with Gasteiger partial charge in [-0.3, -0.25) is 0 Å². The highest BCUT2D eigenvalue weighted by Crippen LogP contribution is 2.44. The second-order valence-electron chi connectivity index (χ2n) is 6.77. The van der Waals surface area contributed by atoms with Crippen molar-refractivity contribution in [2.75, 3.05) is 6.61 Å². The van der Waals surface area contributed by atoms with E-state index in [-0.39, 0.29) is 6.10 Å². The molecule has 2 heteroatoms. The van der Waals surface area contributed by atoms with Crippen molar-refractivity contribution in [2.24, 2.45) is 11.8 Å². The van der Waals surface area contributed by atoms with Crippen molar-refractivity contribution in [1.82, 2.24) is 0 Å². The van der Waals surface area contributed by atoms with Gasteiger partial charge in [0.25, 0.3) is 0 Å². The third kappa shape index (κ3) is 2.51. The summed E-state index contributed by atoms with van der Waals surface area (Å²) in [6.45, 7) is 5.25. The fourth-order valence-electron chi connectivity index (χ4n) is 3.99. The second-order valence-corrected chi connectivity index (χ2v) is 6.77. The smallest absolute Gasteiger partial charge is 0.0855 e. The van der Waals surface area contributed by atoms with Crippen LogP contribution in [0.4, 0.5) is 0 Å². The van der Waals surface area contributed by atoms with Crippen molar-refractivity contribution in [3.63, 3.8) is 0 Å². The van der Waals surface area contributed by atoms with E-state index in [9.17, 15) is 5.11 Å². The van der Waals surface area contributed by atoms with Gasteiger partial charge >= 0.3 is 0 Å². The summed E-state index contributed by atoms with van der Waals surface area (Å²) in [7, 11) is 0. The first-order valence-corrected chi connectivity index (χ1v) is 8.02. The molecule has 0 saturated heterocycles. The Morgan fingerprint density at radius 1 is 1.30 bits per heavy atom. The molecule has 1 N–H and O–H groups in total. The maximum atomic E-state index is 11.1. The first-order valence-electron chi connectivity index (χ1n) is 8.02. The van der Waals surface area contributed by atoms with E-state index in [1.807, 2.05) is 0 Å². The van der Waals surface area contributed by atoms with Crippen LogP contribution in [0.25, 0.3) is 0 Å². The molecule has 1 fully saturated rings. The molecule has 3 rings (SSSR count). The lowest BCUT2D eigenvalue weighted by molar-refractivity contribution is -0.106. The molecule has 0 bridgehead atoms. The Bertz CT molecular complexity index is 470. The van der Waals surface area contributed by atoms with Crippen LogP contribution in [0.1, 0.15) is 56.8 Å². The van der Waals surface area contributed by atoms with Crippen LogP contribution in [-0.4, -0.2) is 17.3 Å². The topological polar surface area (TPSA) is 29.5 Å². The van der Waals surface area contributed by atoms with E-state index < -0.39 is 5.60 Å². The van der Waals surface area contributed by atoms with Crippen molar-refractivity contribution in [3.05, 3.63) is 35.4 Å². The SMILES string of the molecule is CC1CCCC(O)(CC2OCCc3ccccc32)C1C. The summed E-state index contributed by atoms with van der Waals surface area (Å²) < 4.78 is 6.00. The number of hydrogen-bond donors (Lipinski definition) is 1. The number of ether oxygens (including phenoxy) is 1. The van der Waals surface area contributed by atoms with E-state index in [1.54, 1.807) is 0 Å². The molecule has 1 aliphatic carbocycles. The summed E-state index contributed by atoms with van der Waals surface area (Å²) in [6, 6.07) is 8.54. The van der Waals surface area contributed by atoms with Gasteiger partial charge in [0.1, 0.15) is 0 Å². The molecular weight excluding hydrogens is 248 g/mol. The molecule has 20 heavy (non-hydrogen) atoms. The van der Waals surface area contributed by atoms with Gasteiger partial charge in [0, 0.05) is 6.42 Å². The highest BCUT2D eigenvalue weighted by atomic mass is 16.5. The van der Waals surface area contributed by atoms with Crippen molar-refractivity contribution >= 4 is 0 Å². The van der Waals surface area contributed by atoms with Crippen molar-refractivity contribution < 1.29 is 9.84 Å². The van der Waals surface area contributed by atoms with E-state index >= 15 is 0 Å². The molecule has 1 aromatic rings. The van der Waals surface area contributed by atoms with E-state index in [2.05, 4.69) is 38.1 Å². The monoisotopic (exact) mass is 274 g/mol. The van der Waals surface area contributed by atoms with Crippen LogP contribution in [0.15, 0.2) is 24.3 Å². The summed E-state index contributed by atoms with van der Waals surface area (Å²) in [5, 5.41) is 11.1. The summed E-state index contributed by atoms with van der Waals surface area (Å²) in [4.78, 5) is 0. The lowest BCUT2D eigenvalue weighted by Crippen LogP contribution is -2.44. The summed E-state index contributed by atoms with van der Waals surface area (Å²) in [5.41, 5.74) is 2.12. The second kappa shape index (κ2) is 5.50. The van der Waals surface area contributed by atoms with Gasteiger partial charge in [-0.15, -0.1) is 0 Å². The van der Waals surface area contributed by atoms with Gasteiger partial charge in [-0.05, 0) is 35.8 Å². The minimum Gasteiger partial charge on any atom is -0.389 e. The predicted octanol–water partition coefficient (Wildman–Crippen LogP) is 3.88. The lowest BCUT2D eigenvalue weighted by Gasteiger charge is -2.44. The van der Waals surface area contributed by atoms with Crippen LogP contribution < -0.4 is 0 Å². The van der Waals surface area contributed by atoms with E-state index in [0.717, 1.165) is 32.3 Å². The number of benzene rings is 1. The highest BCUT2D eigenvalue weighted by Gasteiger charge is 2.42. The van der Waals surface area contributed by atoms with Gasteiger partial charge < -0.3 is 9.84 Å². The molecule has 4 atom stereocenters. The van der Waals surface area contributed by atoms with Crippen LogP contribution in [0.3, 0.4) is 0 Å². The van der Waals surface area contributed by atoms with Gasteiger partial charge in [0.15, 0.2) is 0 Å². The maximum Gasteiger partial charge on any atom is 0.0855 e. The fraction of sp³-hybridized carbons (Fsp3) is 0.667. The Morgan fingerprint density at radius 2 is 2.10 bits per heavy atom. The minimum atomic E-state index is -0.563. The Kier molecular flexibility index (Phi) is 3.87. The average Bonchev–Trinajstić information content (AvgIpc) is 2.45. The quantitative estimate of drug-likeness (QED) is 0.887. The molecule has 2 aliphatic rings. The highest BCUT2D eigenvalue weighted by molar-refractivity contribution is 5.31. The van der Waals surface area contributed by atoms with E-state index in [1.165, 1.54) is 17.5 Å². The van der Waals surface area contributed by atoms with E-state index in [4.69, 9.17) is 4.74 Å². The lowest BCUT2D eigenvalue weighted by atomic mass is 9.68. The molecule has 1 aliphatic heterocycles. The van der Waals surface area contributed by atoms with Gasteiger partial charge in [0.2, 0.25) is 0 Å². The molecular formula is C18H26O2. The Labute approximate surface area is 122 Å². The zero-order valence-corrected chi connectivity index (χ0v) is 12.6. The largest absolute Gasteiger partial charge is 0.389 e. The van der Waals surface area contributed by atoms with Gasteiger partial charge in [-0.2, -0.15) is 0 Å². The van der Waals surface area contributed by atoms with Crippen molar-refractivity contribution in [2.45, 2.75) is 57.7 Å². The number of fused-ring (bicyclic) bond motifs is 1. The Balaban J connectivity index is 1.81. The molecule has 4 unspecified atom stereocenters. The maximum absolute atomic E-state index is 11.1. The van der Waals surface area contributed by atoms with Crippen LogP contribution in [0, 0.1) is 11.8 Å². The van der Waals surface area contributed by atoms with Crippen LogP contribution in [-0.2, 0) is 11.2 Å². The Morgan fingerprint density at radius 3 is 2.95 bits per heavy atom. The summed E-state index contributed by atoms with van der Waals surface area (Å²) in [6.07, 6.45) is 5.10. The molecule has 1 heterocycles. The van der Waals surface area contributed by atoms with E-state index in [0.29, 0.717) is 11.8 Å². The molecule has 2 nitrogen and oxygen atoms in total. The van der Waals surface area contributed by atoms with Crippen molar-refractivity contribution in [3.8, 4) is 0 Å². The minimum absolute atomic E-state index is 0.0673. The Hall–Kier alpha value is -0.860. The number of rotatable bonds is 2. The first kappa shape index (κ1) is 14.1. The molecule has 0 amide bonds. The normalized spacial score (nSPS) is 37.5. The molecule has 0 aromatic heterocycles. The first-order chi connectivity index (χ1) is 9.60. The zero-order chi connectivity index (χ0) is 14.2. The summed E-state index contributed by atoms with van der Waals surface area (Å²) in [5.74, 6) is 0.960. The summed E-state index contributed by atoms with van der Waals surface area (Å²) >= 11 is 0. The average molecular weight is 274 g/mol. The molecule has 0 spiro atoms. The fourth-order valence-corrected chi connectivity index (χ4v) is 3.99. The van der Waals surface area contributed by atoms with Gasteiger partial charge in [0.05, 0.1) is 18.3 Å². The zero-order valence-electron chi connectivity index (χ0n) is 12.6. The number of aliphatic hydroxyl groups is 1. The third-order valence-electron chi connectivity index (χ3n) is 5.60. The van der Waals surface area contributed by atoms with Gasteiger partial charge in [-0.25, -0.2) is 0 Å². The molecule has 1 aromatic carbocycles. The van der Waals surface area contributed by atoms with Gasteiger partial charge in [-0.1, -0.05) is 51.0 Å². The molecule has 0 radical (unpaired) electrons. The third-order valence-corrected chi connectivity index (χ3v) is 5.60. The van der Waals surface area contributed by atoms with Crippen LogP contribution in [0.5, 0.6) is 0 Å². The van der Waals surface area contributed by atoms with Crippen molar-refractivity contribution in [1.29, 1.82) is 0 Å². The predicted molar refractivity (Wildman–Crippen MR) is 80.6 cm³/mol. The molecule has 1 saturated carbocycles. The van der Waals surface area contributed by atoms with Crippen LogP contribution >= 0.6 is 0 Å². The standard InChI is InChI=1S/C18H26O2/c1-13-6-5-10-18(19,14(13)2)12-17-16-8-4-3-7-15(16)9-11-20-17/h3-4,7-8,13-14,17,19H,5-6,9-12H2,1-2H3. The van der Waals surface area contributed by atoms with Crippen LogP contribution in [0.2, 0.25) is 0 Å². The number of hydrogen-bond acceptors (Lipinski definition) is 2.